The number of hydrogen-bond donors (Lipinski definition) is 2. The number of rotatable bonds is 8. The zero-order chi connectivity index (χ0) is 23.4. The van der Waals surface area contributed by atoms with E-state index in [9.17, 15) is 14.6 Å². The van der Waals surface area contributed by atoms with E-state index in [0.29, 0.717) is 17.7 Å². The van der Waals surface area contributed by atoms with Crippen LogP contribution in [0.15, 0.2) is 72.8 Å². The van der Waals surface area contributed by atoms with Gasteiger partial charge in [-0.1, -0.05) is 49.0 Å². The van der Waals surface area contributed by atoms with Gasteiger partial charge in [0.25, 0.3) is 0 Å². The molecule has 6 heteroatoms. The van der Waals surface area contributed by atoms with Gasteiger partial charge < -0.3 is 19.8 Å². The molecule has 4 nitrogen and oxygen atoms in total. The van der Waals surface area contributed by atoms with E-state index in [2.05, 4.69) is 4.90 Å². The first-order valence-electron chi connectivity index (χ1n) is 11.2. The molecule has 0 spiro atoms. The molecule has 1 aliphatic heterocycles. The molecule has 0 saturated carbocycles. The van der Waals surface area contributed by atoms with E-state index in [1.165, 1.54) is 12.1 Å². The van der Waals surface area contributed by atoms with E-state index < -0.39 is 6.10 Å². The molecule has 1 saturated heterocycles. The predicted molar refractivity (Wildman–Crippen MR) is 132 cm³/mol. The maximum absolute atomic E-state index is 13.2. The van der Waals surface area contributed by atoms with Gasteiger partial charge in [-0.2, -0.15) is 0 Å². The van der Waals surface area contributed by atoms with Crippen molar-refractivity contribution in [1.29, 1.82) is 0 Å². The van der Waals surface area contributed by atoms with Gasteiger partial charge in [0.15, 0.2) is 0 Å². The number of aliphatic hydroxyl groups is 1. The molecule has 3 aromatic rings. The van der Waals surface area contributed by atoms with E-state index in [4.69, 9.17) is 17.0 Å². The van der Waals surface area contributed by atoms with E-state index in [1.807, 2.05) is 42.5 Å². The molecular formula is C27H28FNO3S. The lowest BCUT2D eigenvalue weighted by Gasteiger charge is -2.31. The number of halogens is 1. The number of phenols is 1. The third-order valence-electron chi connectivity index (χ3n) is 6.33. The zero-order valence-corrected chi connectivity index (χ0v) is 19.3. The SMILES string of the molecule is COc1ccc([C@@H]2[C@@H](CCC[C@@H](O)c3ccc(F)cc3)CC(=S)N2c2ccccc2)c(O)c1. The van der Waals surface area contributed by atoms with E-state index >= 15 is 0 Å². The van der Waals surface area contributed by atoms with Gasteiger partial charge in [-0.15, -0.1) is 0 Å². The number of benzene rings is 3. The average Bonchev–Trinajstić information content (AvgIpc) is 3.15. The summed E-state index contributed by atoms with van der Waals surface area (Å²) in [5, 5.41) is 21.4. The number of para-hydroxylation sites is 1. The lowest BCUT2D eigenvalue weighted by Crippen LogP contribution is -2.28. The van der Waals surface area contributed by atoms with E-state index in [1.54, 1.807) is 25.3 Å². The Labute approximate surface area is 199 Å². The van der Waals surface area contributed by atoms with Gasteiger partial charge in [0.05, 0.1) is 24.2 Å². The van der Waals surface area contributed by atoms with Crippen LogP contribution < -0.4 is 9.64 Å². The molecule has 0 unspecified atom stereocenters. The Morgan fingerprint density at radius 2 is 1.82 bits per heavy atom. The Balaban J connectivity index is 1.55. The van der Waals surface area contributed by atoms with Crippen LogP contribution in [0.2, 0.25) is 0 Å². The van der Waals surface area contributed by atoms with Gasteiger partial charge in [-0.25, -0.2) is 4.39 Å². The molecule has 2 N–H and O–H groups in total. The zero-order valence-electron chi connectivity index (χ0n) is 18.5. The van der Waals surface area contributed by atoms with Crippen molar-refractivity contribution in [1.82, 2.24) is 0 Å². The van der Waals surface area contributed by atoms with Crippen molar-refractivity contribution < 1.29 is 19.3 Å². The van der Waals surface area contributed by atoms with Gasteiger partial charge >= 0.3 is 0 Å². The van der Waals surface area contributed by atoms with Gasteiger partial charge in [0.1, 0.15) is 17.3 Å². The standard InChI is InChI=1S/C27H28FNO3S/c1-32-22-14-15-23(25(31)17-22)27-19(16-26(33)29(27)21-7-3-2-4-8-21)6-5-9-24(30)18-10-12-20(28)13-11-18/h2-4,7-8,10-15,17,19,24,27,30-31H,5-6,9,16H2,1H3/t19-,24+,27-/m0/s1. The lowest BCUT2D eigenvalue weighted by atomic mass is 9.88. The topological polar surface area (TPSA) is 52.9 Å². The highest BCUT2D eigenvalue weighted by Crippen LogP contribution is 2.47. The monoisotopic (exact) mass is 465 g/mol. The maximum Gasteiger partial charge on any atom is 0.124 e. The first-order chi connectivity index (χ1) is 16.0. The smallest absolute Gasteiger partial charge is 0.124 e. The molecule has 1 aliphatic rings. The summed E-state index contributed by atoms with van der Waals surface area (Å²) in [6, 6.07) is 21.3. The summed E-state index contributed by atoms with van der Waals surface area (Å²) in [7, 11) is 1.57. The number of aromatic hydroxyl groups is 1. The Morgan fingerprint density at radius 3 is 2.48 bits per heavy atom. The normalized spacial score (nSPS) is 19.0. The lowest BCUT2D eigenvalue weighted by molar-refractivity contribution is 0.160. The molecule has 172 valence electrons. The summed E-state index contributed by atoms with van der Waals surface area (Å²) in [4.78, 5) is 2.98. The Hall–Kier alpha value is -2.96. The summed E-state index contributed by atoms with van der Waals surface area (Å²) in [6.07, 6.45) is 2.27. The fourth-order valence-electron chi connectivity index (χ4n) is 4.67. The second kappa shape index (κ2) is 10.3. The van der Waals surface area contributed by atoms with Gasteiger partial charge in [-0.3, -0.25) is 0 Å². The van der Waals surface area contributed by atoms with Crippen LogP contribution in [0, 0.1) is 11.7 Å². The molecule has 4 rings (SSSR count). The molecule has 0 aromatic heterocycles. The highest BCUT2D eigenvalue weighted by atomic mass is 32.1. The molecule has 3 aromatic carbocycles. The van der Waals surface area contributed by atoms with Gasteiger partial charge in [0, 0.05) is 23.7 Å². The number of phenolic OH excluding ortho intramolecular Hbond substituents is 1. The molecule has 33 heavy (non-hydrogen) atoms. The van der Waals surface area contributed by atoms with E-state index in [-0.39, 0.29) is 23.5 Å². The van der Waals surface area contributed by atoms with Crippen molar-refractivity contribution >= 4 is 22.9 Å². The largest absolute Gasteiger partial charge is 0.507 e. The first kappa shape index (κ1) is 23.2. The summed E-state index contributed by atoms with van der Waals surface area (Å²) in [5.74, 6) is 0.648. The Bertz CT molecular complexity index is 1090. The summed E-state index contributed by atoms with van der Waals surface area (Å²) in [5.41, 5.74) is 2.52. The van der Waals surface area contributed by atoms with Crippen molar-refractivity contribution in [2.75, 3.05) is 12.0 Å². The van der Waals surface area contributed by atoms with E-state index in [0.717, 1.165) is 35.5 Å². The molecule has 0 aliphatic carbocycles. The van der Waals surface area contributed by atoms with Gasteiger partial charge in [0.2, 0.25) is 0 Å². The van der Waals surface area contributed by atoms with Crippen molar-refractivity contribution in [2.24, 2.45) is 5.92 Å². The predicted octanol–water partition coefficient (Wildman–Crippen LogP) is 6.34. The van der Waals surface area contributed by atoms with Crippen LogP contribution in [-0.2, 0) is 0 Å². The third-order valence-corrected chi connectivity index (χ3v) is 6.69. The molecule has 0 bridgehead atoms. The Kier molecular flexibility index (Phi) is 7.26. The molecule has 1 heterocycles. The minimum absolute atomic E-state index is 0.117. The molecule has 0 amide bonds. The summed E-state index contributed by atoms with van der Waals surface area (Å²) < 4.78 is 18.4. The molecule has 1 fully saturated rings. The minimum atomic E-state index is -0.642. The molecule has 0 radical (unpaired) electrons. The molecular weight excluding hydrogens is 437 g/mol. The quantitative estimate of drug-likeness (QED) is 0.380. The van der Waals surface area contributed by atoms with Gasteiger partial charge in [-0.05, 0) is 60.7 Å². The van der Waals surface area contributed by atoms with Crippen LogP contribution in [-0.4, -0.2) is 22.3 Å². The number of methoxy groups -OCH3 is 1. The second-order valence-electron chi connectivity index (χ2n) is 8.43. The number of nitrogens with zero attached hydrogens (tertiary/aromatic N) is 1. The van der Waals surface area contributed by atoms with Crippen LogP contribution in [0.25, 0.3) is 0 Å². The number of hydrogen-bond acceptors (Lipinski definition) is 4. The van der Waals surface area contributed by atoms with Crippen LogP contribution in [0.1, 0.15) is 49.0 Å². The summed E-state index contributed by atoms with van der Waals surface area (Å²) >= 11 is 5.79. The fourth-order valence-corrected chi connectivity index (χ4v) is 5.10. The maximum atomic E-state index is 13.2. The number of ether oxygens (including phenoxy) is 1. The highest BCUT2D eigenvalue weighted by molar-refractivity contribution is 7.80. The van der Waals surface area contributed by atoms with Crippen molar-refractivity contribution in [3.05, 3.63) is 89.7 Å². The number of anilines is 1. The van der Waals surface area contributed by atoms with Crippen molar-refractivity contribution in [3.8, 4) is 11.5 Å². The van der Waals surface area contributed by atoms with Crippen LogP contribution >= 0.6 is 12.2 Å². The first-order valence-corrected chi connectivity index (χ1v) is 11.6. The average molecular weight is 466 g/mol. The van der Waals surface area contributed by atoms with Crippen LogP contribution in [0.5, 0.6) is 11.5 Å². The molecule has 3 atom stereocenters. The number of thiocarbonyl (C=S) groups is 1. The Morgan fingerprint density at radius 1 is 1.09 bits per heavy atom. The van der Waals surface area contributed by atoms with Crippen LogP contribution in [0.3, 0.4) is 0 Å². The second-order valence-corrected chi connectivity index (χ2v) is 8.90. The fraction of sp³-hybridized carbons (Fsp3) is 0.296. The number of aliphatic hydroxyl groups excluding tert-OH is 1. The highest BCUT2D eigenvalue weighted by Gasteiger charge is 2.40. The summed E-state index contributed by atoms with van der Waals surface area (Å²) in [6.45, 7) is 0. The van der Waals surface area contributed by atoms with Crippen LogP contribution in [0.4, 0.5) is 10.1 Å². The van der Waals surface area contributed by atoms with Crippen molar-refractivity contribution in [3.63, 3.8) is 0 Å². The minimum Gasteiger partial charge on any atom is -0.507 e. The van der Waals surface area contributed by atoms with Crippen molar-refractivity contribution in [2.45, 2.75) is 37.8 Å². The third kappa shape index (κ3) is 5.18.